The fourth-order valence-corrected chi connectivity index (χ4v) is 3.08. The van der Waals surface area contributed by atoms with E-state index < -0.39 is 0 Å². The molecule has 0 aromatic heterocycles. The van der Waals surface area contributed by atoms with Gasteiger partial charge in [0.05, 0.1) is 17.4 Å². The Labute approximate surface area is 126 Å². The number of hydrogen-bond donors (Lipinski definition) is 1. The largest absolute Gasteiger partial charge is 0.511 e. The molecule has 21 heavy (non-hydrogen) atoms. The first-order chi connectivity index (χ1) is 10.2. The molecule has 5 heteroatoms. The van der Waals surface area contributed by atoms with Gasteiger partial charge >= 0.3 is 0 Å². The molecule has 0 aromatic carbocycles. The van der Waals surface area contributed by atoms with Crippen LogP contribution in [-0.2, 0) is 14.4 Å². The van der Waals surface area contributed by atoms with E-state index in [2.05, 4.69) is 5.16 Å². The van der Waals surface area contributed by atoms with E-state index in [4.69, 9.17) is 9.57 Å². The molecule has 1 saturated heterocycles. The van der Waals surface area contributed by atoms with Crippen LogP contribution in [0.2, 0.25) is 0 Å². The van der Waals surface area contributed by atoms with Gasteiger partial charge in [0.1, 0.15) is 12.4 Å². The van der Waals surface area contributed by atoms with Crippen LogP contribution in [-0.4, -0.2) is 35.9 Å². The van der Waals surface area contributed by atoms with Crippen molar-refractivity contribution >= 4 is 11.5 Å². The third-order valence-electron chi connectivity index (χ3n) is 4.04. The number of ketones is 1. The monoisotopic (exact) mass is 295 g/mol. The predicted molar refractivity (Wildman–Crippen MR) is 80.3 cm³/mol. The summed E-state index contributed by atoms with van der Waals surface area (Å²) < 4.78 is 5.66. The maximum atomic E-state index is 12.4. The van der Waals surface area contributed by atoms with Crippen molar-refractivity contribution in [2.24, 2.45) is 11.1 Å². The van der Waals surface area contributed by atoms with Crippen LogP contribution >= 0.6 is 0 Å². The molecule has 0 aromatic rings. The molecule has 0 radical (unpaired) electrons. The van der Waals surface area contributed by atoms with Gasteiger partial charge in [-0.15, -0.1) is 0 Å². The highest BCUT2D eigenvalue weighted by molar-refractivity contribution is 6.23. The lowest BCUT2D eigenvalue weighted by Crippen LogP contribution is -2.31. The van der Waals surface area contributed by atoms with Crippen molar-refractivity contribution in [1.29, 1.82) is 0 Å². The molecule has 0 amide bonds. The first-order valence-electron chi connectivity index (χ1n) is 7.93. The van der Waals surface area contributed by atoms with Crippen molar-refractivity contribution in [2.75, 3.05) is 13.2 Å². The lowest BCUT2D eigenvalue weighted by Gasteiger charge is -2.27. The van der Waals surface area contributed by atoms with E-state index in [1.165, 1.54) is 0 Å². The number of allylic oxidation sites excluding steroid dienone is 2. The molecule has 118 valence electrons. The fraction of sp³-hybridized carbons (Fsp3) is 0.750. The highest BCUT2D eigenvalue weighted by atomic mass is 16.6. The first-order valence-corrected chi connectivity index (χ1v) is 7.93. The quantitative estimate of drug-likeness (QED) is 0.604. The lowest BCUT2D eigenvalue weighted by atomic mass is 9.81. The topological polar surface area (TPSA) is 68.1 Å². The molecule has 1 heterocycles. The third-order valence-corrected chi connectivity index (χ3v) is 4.04. The number of aliphatic hydroxyl groups is 1. The molecule has 0 saturated carbocycles. The highest BCUT2D eigenvalue weighted by Gasteiger charge is 2.36. The molecule has 2 aliphatic rings. The number of aliphatic hydroxyl groups excluding tert-OH is 1. The molecule has 2 rings (SSSR count). The summed E-state index contributed by atoms with van der Waals surface area (Å²) in [6, 6.07) is 0. The van der Waals surface area contributed by atoms with E-state index in [0.717, 1.165) is 25.9 Å². The van der Waals surface area contributed by atoms with Gasteiger partial charge in [0.15, 0.2) is 5.78 Å². The normalized spacial score (nSPS) is 27.3. The zero-order valence-corrected chi connectivity index (χ0v) is 12.9. The van der Waals surface area contributed by atoms with E-state index in [0.29, 0.717) is 37.2 Å². The average Bonchev–Trinajstić information content (AvgIpc) is 2.98. The van der Waals surface area contributed by atoms with Crippen LogP contribution in [0.5, 0.6) is 0 Å². The van der Waals surface area contributed by atoms with Crippen molar-refractivity contribution in [3.63, 3.8) is 0 Å². The second-order valence-electron chi connectivity index (χ2n) is 5.67. The van der Waals surface area contributed by atoms with Crippen molar-refractivity contribution < 1.29 is 19.5 Å². The third kappa shape index (κ3) is 3.84. The fourth-order valence-electron chi connectivity index (χ4n) is 3.08. The second-order valence-corrected chi connectivity index (χ2v) is 5.67. The van der Waals surface area contributed by atoms with Gasteiger partial charge in [-0.25, -0.2) is 0 Å². The summed E-state index contributed by atoms with van der Waals surface area (Å²) in [7, 11) is 0. The van der Waals surface area contributed by atoms with Crippen molar-refractivity contribution in [1.82, 2.24) is 0 Å². The van der Waals surface area contributed by atoms with Crippen LogP contribution in [0.3, 0.4) is 0 Å². The summed E-state index contributed by atoms with van der Waals surface area (Å²) in [5.74, 6) is 0.212. The summed E-state index contributed by atoms with van der Waals surface area (Å²) in [6.07, 6.45) is 4.55. The van der Waals surface area contributed by atoms with Gasteiger partial charge in [-0.1, -0.05) is 18.5 Å². The van der Waals surface area contributed by atoms with Crippen LogP contribution in [0.4, 0.5) is 0 Å². The van der Waals surface area contributed by atoms with E-state index in [9.17, 15) is 9.90 Å². The van der Waals surface area contributed by atoms with Gasteiger partial charge in [0.2, 0.25) is 0 Å². The van der Waals surface area contributed by atoms with Crippen molar-refractivity contribution in [3.8, 4) is 0 Å². The van der Waals surface area contributed by atoms with Crippen LogP contribution in [0, 0.1) is 5.92 Å². The molecule has 5 nitrogen and oxygen atoms in total. The number of carbonyl (C=O) groups is 1. The van der Waals surface area contributed by atoms with E-state index in [1.807, 2.05) is 13.8 Å². The Hall–Kier alpha value is -1.36. The van der Waals surface area contributed by atoms with E-state index in [-0.39, 0.29) is 23.6 Å². The number of ether oxygens (including phenoxy) is 1. The molecule has 0 bridgehead atoms. The smallest absolute Gasteiger partial charge is 0.168 e. The van der Waals surface area contributed by atoms with Crippen molar-refractivity contribution in [2.45, 2.75) is 58.5 Å². The van der Waals surface area contributed by atoms with Crippen LogP contribution in [0.25, 0.3) is 0 Å². The van der Waals surface area contributed by atoms with Gasteiger partial charge < -0.3 is 14.7 Å². The molecule has 1 aliphatic carbocycles. The molecular formula is C16H25NO4. The molecule has 2 atom stereocenters. The van der Waals surface area contributed by atoms with Gasteiger partial charge in [-0.2, -0.15) is 0 Å². The van der Waals surface area contributed by atoms with Crippen molar-refractivity contribution in [3.05, 3.63) is 11.3 Å². The van der Waals surface area contributed by atoms with E-state index >= 15 is 0 Å². The summed E-state index contributed by atoms with van der Waals surface area (Å²) in [5, 5.41) is 14.4. The maximum absolute atomic E-state index is 12.4. The van der Waals surface area contributed by atoms with Crippen LogP contribution < -0.4 is 0 Å². The Morgan fingerprint density at radius 1 is 1.43 bits per heavy atom. The van der Waals surface area contributed by atoms with Gasteiger partial charge in [-0.05, 0) is 32.1 Å². The van der Waals surface area contributed by atoms with Gasteiger partial charge in [0.25, 0.3) is 0 Å². The Kier molecular flexibility index (Phi) is 5.79. The Balaban J connectivity index is 2.17. The number of Topliss-reactive ketones (excluding diaryl/α,β-unsaturated/α-hetero) is 1. The Morgan fingerprint density at radius 2 is 2.24 bits per heavy atom. The predicted octanol–water partition coefficient (Wildman–Crippen LogP) is 3.15. The summed E-state index contributed by atoms with van der Waals surface area (Å²) in [4.78, 5) is 17.5. The molecular weight excluding hydrogens is 270 g/mol. The summed E-state index contributed by atoms with van der Waals surface area (Å²) >= 11 is 0. The minimum atomic E-state index is -0.0360. The zero-order valence-electron chi connectivity index (χ0n) is 12.9. The van der Waals surface area contributed by atoms with Gasteiger partial charge in [0, 0.05) is 19.4 Å². The molecule has 1 N–H and O–H groups in total. The Morgan fingerprint density at radius 3 is 2.81 bits per heavy atom. The lowest BCUT2D eigenvalue weighted by molar-refractivity contribution is -0.118. The summed E-state index contributed by atoms with van der Waals surface area (Å²) in [6.45, 7) is 5.08. The molecule has 2 unspecified atom stereocenters. The zero-order chi connectivity index (χ0) is 15.2. The second kappa shape index (κ2) is 7.59. The van der Waals surface area contributed by atoms with E-state index in [1.54, 1.807) is 0 Å². The summed E-state index contributed by atoms with van der Waals surface area (Å²) in [5.41, 5.74) is 0.951. The minimum Gasteiger partial charge on any atom is -0.511 e. The first kappa shape index (κ1) is 16.0. The van der Waals surface area contributed by atoms with Crippen LogP contribution in [0.1, 0.15) is 52.4 Å². The van der Waals surface area contributed by atoms with Crippen LogP contribution in [0.15, 0.2) is 16.5 Å². The number of hydrogen-bond acceptors (Lipinski definition) is 5. The average molecular weight is 295 g/mol. The maximum Gasteiger partial charge on any atom is 0.168 e. The highest BCUT2D eigenvalue weighted by Crippen LogP contribution is 2.34. The number of oxime groups is 1. The standard InChI is InChI=1S/C16H25NO4/c1-3-6-12(17-21-4-2)16-13(18)9-11(10-14(16)19)15-7-5-8-20-15/h11,15,18H,3-10H2,1-2H3/b17-12-. The minimum absolute atomic E-state index is 0.0360. The number of rotatable bonds is 6. The molecule has 0 spiro atoms. The number of nitrogens with zero attached hydrogens (tertiary/aromatic N) is 1. The van der Waals surface area contributed by atoms with Gasteiger partial charge in [-0.3, -0.25) is 4.79 Å². The SMILES string of the molecule is CCC/C(=N/OCC)C1=C(O)CC(C2CCCO2)CC1=O. The molecule has 1 fully saturated rings. The molecule has 1 aliphatic heterocycles. The number of carbonyl (C=O) groups excluding carboxylic acids is 1. The Bertz CT molecular complexity index is 436.